The van der Waals surface area contributed by atoms with E-state index in [0.717, 1.165) is 37.2 Å². The van der Waals surface area contributed by atoms with Gasteiger partial charge >= 0.3 is 0 Å². The molecule has 4 heteroatoms. The van der Waals surface area contributed by atoms with E-state index >= 15 is 0 Å². The zero-order chi connectivity index (χ0) is 13.1. The lowest BCUT2D eigenvalue weighted by molar-refractivity contribution is 0.321. The first kappa shape index (κ1) is 13.0. The molecule has 0 fully saturated rings. The summed E-state index contributed by atoms with van der Waals surface area (Å²) in [5.74, 6) is 2.15. The smallest absolute Gasteiger partial charge is 0.203 e. The summed E-state index contributed by atoms with van der Waals surface area (Å²) in [6.07, 6.45) is 3.99. The molecular formula is C14H21NO3. The average Bonchev–Trinajstić information content (AvgIpc) is 2.56. The summed E-state index contributed by atoms with van der Waals surface area (Å²) in [4.78, 5) is 0. The molecule has 0 unspecified atom stereocenters. The Labute approximate surface area is 108 Å². The van der Waals surface area contributed by atoms with Crippen LogP contribution in [0.15, 0.2) is 6.07 Å². The van der Waals surface area contributed by atoms with Gasteiger partial charge in [0.2, 0.25) is 5.75 Å². The molecule has 0 amide bonds. The first-order valence-corrected chi connectivity index (χ1v) is 6.27. The van der Waals surface area contributed by atoms with Crippen molar-refractivity contribution in [1.29, 1.82) is 0 Å². The molecule has 100 valence electrons. The second-order valence-electron chi connectivity index (χ2n) is 4.64. The highest BCUT2D eigenvalue weighted by molar-refractivity contribution is 5.59. The van der Waals surface area contributed by atoms with Crippen LogP contribution < -0.4 is 19.9 Å². The Morgan fingerprint density at radius 2 is 1.83 bits per heavy atom. The zero-order valence-corrected chi connectivity index (χ0v) is 11.3. The van der Waals surface area contributed by atoms with Gasteiger partial charge < -0.3 is 19.9 Å². The van der Waals surface area contributed by atoms with E-state index < -0.39 is 0 Å². The fourth-order valence-corrected chi connectivity index (χ4v) is 2.63. The SMILES string of the molecule is COc1cc2c(c(OC)c1OC)C[C@@H](N)CCC2. The highest BCUT2D eigenvalue weighted by Crippen LogP contribution is 2.43. The van der Waals surface area contributed by atoms with Crippen LogP contribution in [0.1, 0.15) is 24.0 Å². The van der Waals surface area contributed by atoms with E-state index in [1.165, 1.54) is 11.1 Å². The molecule has 1 atom stereocenters. The fraction of sp³-hybridized carbons (Fsp3) is 0.571. The number of nitrogens with two attached hydrogens (primary N) is 1. The average molecular weight is 251 g/mol. The summed E-state index contributed by atoms with van der Waals surface area (Å²) in [6, 6.07) is 2.24. The van der Waals surface area contributed by atoms with Crippen molar-refractivity contribution in [3.8, 4) is 17.2 Å². The van der Waals surface area contributed by atoms with Crippen molar-refractivity contribution in [3.63, 3.8) is 0 Å². The second kappa shape index (κ2) is 5.48. The van der Waals surface area contributed by atoms with E-state index in [1.807, 2.05) is 0 Å². The highest BCUT2D eigenvalue weighted by atomic mass is 16.5. The number of benzene rings is 1. The molecule has 1 aliphatic carbocycles. The van der Waals surface area contributed by atoms with Crippen LogP contribution in [-0.4, -0.2) is 27.4 Å². The van der Waals surface area contributed by atoms with Crippen molar-refractivity contribution in [2.24, 2.45) is 5.73 Å². The molecule has 0 saturated carbocycles. The molecule has 1 aromatic carbocycles. The van der Waals surface area contributed by atoms with Gasteiger partial charge in [-0.1, -0.05) is 0 Å². The van der Waals surface area contributed by atoms with Gasteiger partial charge in [0.15, 0.2) is 11.5 Å². The van der Waals surface area contributed by atoms with Gasteiger partial charge in [0, 0.05) is 11.6 Å². The van der Waals surface area contributed by atoms with Crippen LogP contribution in [0, 0.1) is 0 Å². The number of ether oxygens (including phenoxy) is 3. The molecule has 0 heterocycles. The van der Waals surface area contributed by atoms with Gasteiger partial charge in [0.05, 0.1) is 21.3 Å². The quantitative estimate of drug-likeness (QED) is 0.834. The second-order valence-corrected chi connectivity index (χ2v) is 4.64. The molecule has 0 aromatic heterocycles. The summed E-state index contributed by atoms with van der Waals surface area (Å²) >= 11 is 0. The van der Waals surface area contributed by atoms with E-state index in [0.29, 0.717) is 5.75 Å². The van der Waals surface area contributed by atoms with Crippen LogP contribution in [0.4, 0.5) is 0 Å². The number of aryl methyl sites for hydroxylation is 1. The van der Waals surface area contributed by atoms with Gasteiger partial charge in [-0.15, -0.1) is 0 Å². The summed E-state index contributed by atoms with van der Waals surface area (Å²) in [5, 5.41) is 0. The van der Waals surface area contributed by atoms with Gasteiger partial charge in [0.25, 0.3) is 0 Å². The molecule has 1 aromatic rings. The van der Waals surface area contributed by atoms with Crippen molar-refractivity contribution < 1.29 is 14.2 Å². The molecule has 2 rings (SSSR count). The topological polar surface area (TPSA) is 53.7 Å². The summed E-state index contributed by atoms with van der Waals surface area (Å²) in [7, 11) is 4.93. The Kier molecular flexibility index (Phi) is 3.97. The van der Waals surface area contributed by atoms with Crippen LogP contribution in [-0.2, 0) is 12.8 Å². The third-order valence-corrected chi connectivity index (χ3v) is 3.51. The predicted octanol–water partition coefficient (Wildman–Crippen LogP) is 1.92. The Morgan fingerprint density at radius 3 is 2.44 bits per heavy atom. The van der Waals surface area contributed by atoms with E-state index in [1.54, 1.807) is 21.3 Å². The molecule has 0 bridgehead atoms. The number of hydrogen-bond acceptors (Lipinski definition) is 4. The fourth-order valence-electron chi connectivity index (χ4n) is 2.63. The Bertz CT molecular complexity index is 432. The Morgan fingerprint density at radius 1 is 1.11 bits per heavy atom. The molecule has 0 radical (unpaired) electrons. The van der Waals surface area contributed by atoms with E-state index in [-0.39, 0.29) is 6.04 Å². The standard InChI is InChI=1S/C14H21NO3/c1-16-12-7-9-5-4-6-10(15)8-11(9)13(17-2)14(12)18-3/h7,10H,4-6,8,15H2,1-3H3/t10-/m0/s1. The predicted molar refractivity (Wildman–Crippen MR) is 70.7 cm³/mol. The lowest BCUT2D eigenvalue weighted by Gasteiger charge is -2.19. The first-order valence-electron chi connectivity index (χ1n) is 6.27. The maximum atomic E-state index is 6.11. The third-order valence-electron chi connectivity index (χ3n) is 3.51. The van der Waals surface area contributed by atoms with E-state index in [4.69, 9.17) is 19.9 Å². The van der Waals surface area contributed by atoms with E-state index in [2.05, 4.69) is 6.07 Å². The minimum Gasteiger partial charge on any atom is -0.493 e. The molecule has 0 spiro atoms. The third kappa shape index (κ3) is 2.25. The molecular weight excluding hydrogens is 230 g/mol. The molecule has 2 N–H and O–H groups in total. The van der Waals surface area contributed by atoms with Crippen molar-refractivity contribution >= 4 is 0 Å². The van der Waals surface area contributed by atoms with Gasteiger partial charge in [-0.3, -0.25) is 0 Å². The zero-order valence-electron chi connectivity index (χ0n) is 11.3. The molecule has 18 heavy (non-hydrogen) atoms. The maximum Gasteiger partial charge on any atom is 0.203 e. The van der Waals surface area contributed by atoms with Crippen LogP contribution in [0.2, 0.25) is 0 Å². The van der Waals surface area contributed by atoms with Crippen molar-refractivity contribution in [1.82, 2.24) is 0 Å². The molecule has 0 saturated heterocycles. The molecule has 0 aliphatic heterocycles. The van der Waals surface area contributed by atoms with Crippen molar-refractivity contribution in [2.75, 3.05) is 21.3 Å². The van der Waals surface area contributed by atoms with Crippen LogP contribution in [0.25, 0.3) is 0 Å². The lowest BCUT2D eigenvalue weighted by Crippen LogP contribution is -2.21. The van der Waals surface area contributed by atoms with Crippen molar-refractivity contribution in [3.05, 3.63) is 17.2 Å². The normalized spacial score (nSPS) is 18.8. The Balaban J connectivity index is 2.58. The van der Waals surface area contributed by atoms with Gasteiger partial charge in [-0.05, 0) is 37.3 Å². The number of methoxy groups -OCH3 is 3. The minimum absolute atomic E-state index is 0.193. The van der Waals surface area contributed by atoms with Gasteiger partial charge in [0.1, 0.15) is 0 Å². The maximum absolute atomic E-state index is 6.11. The summed E-state index contributed by atoms with van der Waals surface area (Å²) in [5.41, 5.74) is 8.54. The molecule has 4 nitrogen and oxygen atoms in total. The van der Waals surface area contributed by atoms with Gasteiger partial charge in [-0.25, -0.2) is 0 Å². The first-order chi connectivity index (χ1) is 8.71. The lowest BCUT2D eigenvalue weighted by atomic mass is 9.99. The number of rotatable bonds is 3. The highest BCUT2D eigenvalue weighted by Gasteiger charge is 2.23. The van der Waals surface area contributed by atoms with Crippen molar-refractivity contribution in [2.45, 2.75) is 31.7 Å². The molecule has 1 aliphatic rings. The van der Waals surface area contributed by atoms with Crippen LogP contribution in [0.3, 0.4) is 0 Å². The number of hydrogen-bond donors (Lipinski definition) is 1. The van der Waals surface area contributed by atoms with E-state index in [9.17, 15) is 0 Å². The summed E-state index contributed by atoms with van der Waals surface area (Å²) in [6.45, 7) is 0. The van der Waals surface area contributed by atoms with Crippen LogP contribution >= 0.6 is 0 Å². The minimum atomic E-state index is 0.193. The summed E-state index contributed by atoms with van der Waals surface area (Å²) < 4.78 is 16.3. The largest absolute Gasteiger partial charge is 0.493 e. The van der Waals surface area contributed by atoms with Gasteiger partial charge in [-0.2, -0.15) is 0 Å². The monoisotopic (exact) mass is 251 g/mol. The van der Waals surface area contributed by atoms with Crippen LogP contribution in [0.5, 0.6) is 17.2 Å². The Hall–Kier alpha value is -1.42. The number of fused-ring (bicyclic) bond motifs is 1.